The van der Waals surface area contributed by atoms with Gasteiger partial charge in [0, 0.05) is 5.02 Å². The number of hydrogen-bond donors (Lipinski definition) is 1. The van der Waals surface area contributed by atoms with Crippen LogP contribution in [0.1, 0.15) is 5.56 Å². The summed E-state index contributed by atoms with van der Waals surface area (Å²) in [4.78, 5) is 37.8. The highest BCUT2D eigenvalue weighted by Gasteiger charge is 2.36. The fourth-order valence-electron chi connectivity index (χ4n) is 2.31. The van der Waals surface area contributed by atoms with Gasteiger partial charge in [-0.25, -0.2) is 9.69 Å². The molecular weight excluding hydrogens is 387 g/mol. The van der Waals surface area contributed by atoms with Crippen LogP contribution in [0.3, 0.4) is 0 Å². The van der Waals surface area contributed by atoms with Crippen molar-refractivity contribution < 1.29 is 14.4 Å². The Morgan fingerprint density at radius 1 is 0.960 bits per heavy atom. The van der Waals surface area contributed by atoms with E-state index in [4.69, 9.17) is 34.8 Å². The van der Waals surface area contributed by atoms with Gasteiger partial charge >= 0.3 is 6.03 Å². The van der Waals surface area contributed by atoms with Crippen molar-refractivity contribution in [2.45, 2.75) is 0 Å². The summed E-state index contributed by atoms with van der Waals surface area (Å²) in [6, 6.07) is 10.3. The van der Waals surface area contributed by atoms with Crippen LogP contribution >= 0.6 is 34.8 Å². The summed E-state index contributed by atoms with van der Waals surface area (Å²) in [5.41, 5.74) is 0.363. The second kappa shape index (κ2) is 6.88. The summed E-state index contributed by atoms with van der Waals surface area (Å²) >= 11 is 18.0. The van der Waals surface area contributed by atoms with E-state index in [0.717, 1.165) is 4.90 Å². The normalized spacial score (nSPS) is 16.4. The number of para-hydroxylation sites is 1. The van der Waals surface area contributed by atoms with Crippen molar-refractivity contribution in [3.63, 3.8) is 0 Å². The molecule has 25 heavy (non-hydrogen) atoms. The van der Waals surface area contributed by atoms with E-state index < -0.39 is 17.8 Å². The first-order valence-electron chi connectivity index (χ1n) is 6.99. The molecule has 4 amide bonds. The maximum Gasteiger partial charge on any atom is 0.335 e. The first-order chi connectivity index (χ1) is 11.9. The minimum absolute atomic E-state index is 0.141. The van der Waals surface area contributed by atoms with E-state index in [0.29, 0.717) is 16.3 Å². The zero-order valence-corrected chi connectivity index (χ0v) is 14.7. The van der Waals surface area contributed by atoms with Gasteiger partial charge in [0.25, 0.3) is 11.8 Å². The first-order valence-corrected chi connectivity index (χ1v) is 8.13. The fraction of sp³-hybridized carbons (Fsp3) is 0. The molecule has 0 aliphatic carbocycles. The van der Waals surface area contributed by atoms with Crippen LogP contribution in [0.5, 0.6) is 0 Å². The molecule has 2 aromatic rings. The molecule has 3 rings (SSSR count). The van der Waals surface area contributed by atoms with E-state index in [1.165, 1.54) is 18.2 Å². The zero-order valence-electron chi connectivity index (χ0n) is 12.4. The quantitative estimate of drug-likeness (QED) is 0.468. The molecule has 1 N–H and O–H groups in total. The number of nitrogens with zero attached hydrogens (tertiary/aromatic N) is 1. The van der Waals surface area contributed by atoms with E-state index in [1.54, 1.807) is 30.3 Å². The van der Waals surface area contributed by atoms with Crippen molar-refractivity contribution in [3.05, 3.63) is 68.7 Å². The summed E-state index contributed by atoms with van der Waals surface area (Å²) in [6.07, 6.45) is 1.25. The summed E-state index contributed by atoms with van der Waals surface area (Å²) in [5.74, 6) is -1.60. The molecule has 126 valence electrons. The van der Waals surface area contributed by atoms with Crippen LogP contribution in [0.4, 0.5) is 10.5 Å². The van der Waals surface area contributed by atoms with Gasteiger partial charge < -0.3 is 0 Å². The molecule has 1 aliphatic rings. The number of anilines is 1. The van der Waals surface area contributed by atoms with Crippen LogP contribution in [0.15, 0.2) is 48.0 Å². The van der Waals surface area contributed by atoms with Gasteiger partial charge in [-0.1, -0.05) is 53.0 Å². The number of barbiturate groups is 1. The summed E-state index contributed by atoms with van der Waals surface area (Å²) in [6.45, 7) is 0. The smallest absolute Gasteiger partial charge is 0.273 e. The number of halogens is 3. The van der Waals surface area contributed by atoms with Gasteiger partial charge in [-0.3, -0.25) is 14.9 Å². The Morgan fingerprint density at radius 2 is 1.64 bits per heavy atom. The molecule has 1 heterocycles. The van der Waals surface area contributed by atoms with Crippen molar-refractivity contribution in [3.8, 4) is 0 Å². The lowest BCUT2D eigenvalue weighted by Gasteiger charge is -2.26. The predicted octanol–water partition coefficient (Wildman–Crippen LogP) is 4.31. The van der Waals surface area contributed by atoms with E-state index in [1.807, 2.05) is 0 Å². The molecule has 8 heteroatoms. The Bertz CT molecular complexity index is 926. The second-order valence-electron chi connectivity index (χ2n) is 5.08. The van der Waals surface area contributed by atoms with Crippen LogP contribution in [0.25, 0.3) is 6.08 Å². The molecule has 5 nitrogen and oxygen atoms in total. The lowest BCUT2D eigenvalue weighted by Crippen LogP contribution is -2.54. The molecule has 0 aromatic heterocycles. The van der Waals surface area contributed by atoms with Crippen LogP contribution in [0.2, 0.25) is 15.1 Å². The Morgan fingerprint density at radius 3 is 2.32 bits per heavy atom. The van der Waals surface area contributed by atoms with Gasteiger partial charge in [-0.15, -0.1) is 0 Å². The third-order valence-corrected chi connectivity index (χ3v) is 4.47. The Kier molecular flexibility index (Phi) is 4.81. The van der Waals surface area contributed by atoms with Crippen molar-refractivity contribution in [1.29, 1.82) is 0 Å². The fourth-order valence-corrected chi connectivity index (χ4v) is 2.98. The molecule has 1 fully saturated rings. The number of imide groups is 2. The molecule has 1 aliphatic heterocycles. The Labute approximate surface area is 157 Å². The summed E-state index contributed by atoms with van der Waals surface area (Å²) in [5, 5.41) is 2.74. The van der Waals surface area contributed by atoms with E-state index >= 15 is 0 Å². The number of hydrogen-bond acceptors (Lipinski definition) is 3. The molecule has 0 atom stereocenters. The number of rotatable bonds is 2. The monoisotopic (exact) mass is 394 g/mol. The van der Waals surface area contributed by atoms with Crippen LogP contribution in [-0.2, 0) is 9.59 Å². The summed E-state index contributed by atoms with van der Waals surface area (Å²) < 4.78 is 0. The average molecular weight is 396 g/mol. The number of carbonyl (C=O) groups is 3. The first kappa shape index (κ1) is 17.5. The maximum absolute atomic E-state index is 12.7. The van der Waals surface area contributed by atoms with Crippen LogP contribution in [-0.4, -0.2) is 17.8 Å². The van der Waals surface area contributed by atoms with Gasteiger partial charge in [0.05, 0.1) is 15.7 Å². The van der Waals surface area contributed by atoms with Crippen molar-refractivity contribution in [1.82, 2.24) is 5.32 Å². The third-order valence-electron chi connectivity index (χ3n) is 3.44. The van der Waals surface area contributed by atoms with Gasteiger partial charge in [-0.05, 0) is 35.9 Å². The summed E-state index contributed by atoms with van der Waals surface area (Å²) in [7, 11) is 0. The van der Waals surface area contributed by atoms with E-state index in [2.05, 4.69) is 5.32 Å². The van der Waals surface area contributed by atoms with E-state index in [-0.39, 0.29) is 15.6 Å². The molecule has 0 radical (unpaired) electrons. The van der Waals surface area contributed by atoms with Crippen molar-refractivity contribution in [2.24, 2.45) is 0 Å². The van der Waals surface area contributed by atoms with Gasteiger partial charge in [0.2, 0.25) is 0 Å². The number of carbonyl (C=O) groups excluding carboxylic acids is 3. The van der Waals surface area contributed by atoms with Crippen molar-refractivity contribution in [2.75, 3.05) is 4.90 Å². The van der Waals surface area contributed by atoms with Gasteiger partial charge in [0.1, 0.15) is 5.57 Å². The van der Waals surface area contributed by atoms with Gasteiger partial charge in [0.15, 0.2) is 0 Å². The van der Waals surface area contributed by atoms with Crippen LogP contribution < -0.4 is 10.2 Å². The largest absolute Gasteiger partial charge is 0.335 e. The maximum atomic E-state index is 12.7. The molecule has 2 aromatic carbocycles. The molecule has 0 saturated carbocycles. The van der Waals surface area contributed by atoms with Crippen LogP contribution in [0, 0.1) is 0 Å². The lowest BCUT2D eigenvalue weighted by atomic mass is 10.1. The Hall–Kier alpha value is -2.34. The average Bonchev–Trinajstić information content (AvgIpc) is 2.56. The molecule has 1 saturated heterocycles. The molecular formula is C17H9Cl3N2O3. The highest BCUT2D eigenvalue weighted by molar-refractivity contribution is 6.45. The molecule has 0 spiro atoms. The number of benzene rings is 2. The topological polar surface area (TPSA) is 66.5 Å². The predicted molar refractivity (Wildman–Crippen MR) is 96.9 cm³/mol. The Balaban J connectivity index is 2.08. The standard InChI is InChI=1S/C17H9Cl3N2O3/c18-10-6-9(14(20)13(19)8-10)7-12-15(23)21-17(25)22(16(12)24)11-4-2-1-3-5-11/h1-8H,(H,21,23,25)/b12-7-. The lowest BCUT2D eigenvalue weighted by molar-refractivity contribution is -0.122. The van der Waals surface area contributed by atoms with Crippen molar-refractivity contribution >= 4 is 64.4 Å². The molecule has 0 bridgehead atoms. The minimum Gasteiger partial charge on any atom is -0.273 e. The highest BCUT2D eigenvalue weighted by Crippen LogP contribution is 2.32. The minimum atomic E-state index is -0.825. The number of amides is 4. The number of nitrogens with one attached hydrogen (secondary N) is 1. The molecule has 0 unspecified atom stereocenters. The highest BCUT2D eigenvalue weighted by atomic mass is 35.5. The zero-order chi connectivity index (χ0) is 18.1. The number of urea groups is 1. The second-order valence-corrected chi connectivity index (χ2v) is 6.31. The SMILES string of the molecule is O=C1NC(=O)N(c2ccccc2)C(=O)/C1=C\c1cc(Cl)cc(Cl)c1Cl. The van der Waals surface area contributed by atoms with E-state index in [9.17, 15) is 14.4 Å². The van der Waals surface area contributed by atoms with Gasteiger partial charge in [-0.2, -0.15) is 0 Å². The third kappa shape index (κ3) is 3.39.